The van der Waals surface area contributed by atoms with Gasteiger partial charge in [0.05, 0.1) is 0 Å². The second-order valence-corrected chi connectivity index (χ2v) is 6.19. The third-order valence-corrected chi connectivity index (χ3v) is 4.10. The smallest absolute Gasteiger partial charge is 0.163 e. The Labute approximate surface area is 142 Å². The fraction of sp³-hybridized carbons (Fsp3) is 0.200. The summed E-state index contributed by atoms with van der Waals surface area (Å²) in [7, 11) is 0. The van der Waals surface area contributed by atoms with E-state index in [1.807, 2.05) is 48.5 Å². The van der Waals surface area contributed by atoms with Gasteiger partial charge in [0.15, 0.2) is 5.82 Å². The Hall–Kier alpha value is -2.88. The van der Waals surface area contributed by atoms with Gasteiger partial charge in [0, 0.05) is 23.4 Å². The van der Waals surface area contributed by atoms with E-state index in [0.717, 1.165) is 28.7 Å². The zero-order valence-electron chi connectivity index (χ0n) is 13.7. The van der Waals surface area contributed by atoms with Crippen molar-refractivity contribution in [3.8, 4) is 11.4 Å². The minimum Gasteiger partial charge on any atom is -0.367 e. The molecule has 1 saturated carbocycles. The number of nitrogens with zero attached hydrogens (tertiary/aromatic N) is 2. The second-order valence-electron chi connectivity index (χ2n) is 6.19. The van der Waals surface area contributed by atoms with Gasteiger partial charge in [-0.25, -0.2) is 9.97 Å². The van der Waals surface area contributed by atoms with Crippen LogP contribution in [0.15, 0.2) is 60.7 Å². The first-order chi connectivity index (χ1) is 11.8. The molecule has 0 bridgehead atoms. The number of nitrogens with one attached hydrogen (secondary N) is 2. The molecule has 0 amide bonds. The first-order valence-corrected chi connectivity index (χ1v) is 8.31. The number of aromatic nitrogens is 2. The van der Waals surface area contributed by atoms with Gasteiger partial charge in [-0.15, -0.1) is 0 Å². The summed E-state index contributed by atoms with van der Waals surface area (Å²) >= 11 is 0. The van der Waals surface area contributed by atoms with Crippen molar-refractivity contribution < 1.29 is 0 Å². The molecule has 120 valence electrons. The van der Waals surface area contributed by atoms with E-state index in [-0.39, 0.29) is 0 Å². The summed E-state index contributed by atoms with van der Waals surface area (Å²) < 4.78 is 0. The summed E-state index contributed by atoms with van der Waals surface area (Å²) in [4.78, 5) is 9.39. The maximum absolute atomic E-state index is 4.71. The predicted molar refractivity (Wildman–Crippen MR) is 98.6 cm³/mol. The van der Waals surface area contributed by atoms with Crippen LogP contribution in [0.3, 0.4) is 0 Å². The highest BCUT2D eigenvalue weighted by atomic mass is 15.1. The van der Waals surface area contributed by atoms with Crippen LogP contribution in [-0.4, -0.2) is 16.0 Å². The van der Waals surface area contributed by atoms with Crippen LogP contribution in [-0.2, 0) is 0 Å². The van der Waals surface area contributed by atoms with Gasteiger partial charge in [0.25, 0.3) is 0 Å². The lowest BCUT2D eigenvalue weighted by atomic mass is 10.2. The Morgan fingerprint density at radius 1 is 0.875 bits per heavy atom. The van der Waals surface area contributed by atoms with Crippen molar-refractivity contribution in [3.63, 3.8) is 0 Å². The summed E-state index contributed by atoms with van der Waals surface area (Å²) in [5.41, 5.74) is 3.27. The number of anilines is 3. The largest absolute Gasteiger partial charge is 0.367 e. The van der Waals surface area contributed by atoms with Crippen LogP contribution in [0.4, 0.5) is 17.3 Å². The average molecular weight is 316 g/mol. The van der Waals surface area contributed by atoms with Gasteiger partial charge < -0.3 is 10.6 Å². The number of rotatable bonds is 5. The van der Waals surface area contributed by atoms with E-state index < -0.39 is 0 Å². The Balaban J connectivity index is 1.71. The summed E-state index contributed by atoms with van der Waals surface area (Å²) in [5.74, 6) is 2.42. The number of aryl methyl sites for hydroxylation is 1. The van der Waals surface area contributed by atoms with Crippen LogP contribution in [0.1, 0.15) is 18.4 Å². The molecule has 4 rings (SSSR count). The van der Waals surface area contributed by atoms with Crippen molar-refractivity contribution in [2.24, 2.45) is 0 Å². The molecule has 1 fully saturated rings. The van der Waals surface area contributed by atoms with E-state index in [9.17, 15) is 0 Å². The van der Waals surface area contributed by atoms with Gasteiger partial charge in [-0.1, -0.05) is 48.5 Å². The monoisotopic (exact) mass is 316 g/mol. The molecule has 0 aliphatic heterocycles. The van der Waals surface area contributed by atoms with E-state index in [1.54, 1.807) is 0 Å². The third-order valence-electron chi connectivity index (χ3n) is 4.10. The van der Waals surface area contributed by atoms with Crippen molar-refractivity contribution in [3.05, 3.63) is 66.2 Å². The first kappa shape index (κ1) is 14.7. The zero-order chi connectivity index (χ0) is 16.4. The molecule has 1 aliphatic carbocycles. The fourth-order valence-electron chi connectivity index (χ4n) is 2.59. The highest BCUT2D eigenvalue weighted by Gasteiger charge is 2.22. The predicted octanol–water partition coefficient (Wildman–Crippen LogP) is 4.77. The Morgan fingerprint density at radius 3 is 2.33 bits per heavy atom. The summed E-state index contributed by atoms with van der Waals surface area (Å²) in [6.07, 6.45) is 2.43. The van der Waals surface area contributed by atoms with Crippen LogP contribution in [0, 0.1) is 6.92 Å². The molecule has 2 N–H and O–H groups in total. The summed E-state index contributed by atoms with van der Waals surface area (Å²) in [6, 6.07) is 20.8. The lowest BCUT2D eigenvalue weighted by Crippen LogP contribution is -2.06. The molecule has 4 heteroatoms. The number of benzene rings is 2. The molecule has 0 saturated heterocycles. The van der Waals surface area contributed by atoms with E-state index in [0.29, 0.717) is 6.04 Å². The SMILES string of the molecule is Cc1ccccc1Nc1cc(NC2CC2)nc(-c2ccccc2)n1. The maximum Gasteiger partial charge on any atom is 0.163 e. The van der Waals surface area contributed by atoms with Crippen molar-refractivity contribution >= 4 is 17.3 Å². The van der Waals surface area contributed by atoms with Crippen LogP contribution >= 0.6 is 0 Å². The van der Waals surface area contributed by atoms with Crippen molar-refractivity contribution in [2.75, 3.05) is 10.6 Å². The third kappa shape index (κ3) is 3.38. The van der Waals surface area contributed by atoms with Gasteiger partial charge in [-0.05, 0) is 31.4 Å². The molecule has 0 radical (unpaired) electrons. The Bertz CT molecular complexity index is 841. The maximum atomic E-state index is 4.71. The Kier molecular flexibility index (Phi) is 3.87. The van der Waals surface area contributed by atoms with E-state index >= 15 is 0 Å². The Morgan fingerprint density at radius 2 is 1.58 bits per heavy atom. The van der Waals surface area contributed by atoms with E-state index in [1.165, 1.54) is 18.4 Å². The molecule has 1 aliphatic rings. The summed E-state index contributed by atoms with van der Waals surface area (Å²) in [6.45, 7) is 2.09. The van der Waals surface area contributed by atoms with Crippen molar-refractivity contribution in [2.45, 2.75) is 25.8 Å². The molecule has 3 aromatic rings. The van der Waals surface area contributed by atoms with Crippen LogP contribution in [0.2, 0.25) is 0 Å². The van der Waals surface area contributed by atoms with E-state index in [4.69, 9.17) is 4.98 Å². The number of hydrogen-bond donors (Lipinski definition) is 2. The molecule has 2 aromatic carbocycles. The minimum atomic E-state index is 0.551. The van der Waals surface area contributed by atoms with Gasteiger partial charge in [-0.2, -0.15) is 0 Å². The second kappa shape index (κ2) is 6.32. The van der Waals surface area contributed by atoms with Gasteiger partial charge >= 0.3 is 0 Å². The topological polar surface area (TPSA) is 49.8 Å². The highest BCUT2D eigenvalue weighted by Crippen LogP contribution is 2.28. The average Bonchev–Trinajstić information content (AvgIpc) is 3.42. The molecule has 0 unspecified atom stereocenters. The quantitative estimate of drug-likeness (QED) is 0.712. The molecule has 0 spiro atoms. The molecule has 24 heavy (non-hydrogen) atoms. The van der Waals surface area contributed by atoms with Crippen molar-refractivity contribution in [1.29, 1.82) is 0 Å². The first-order valence-electron chi connectivity index (χ1n) is 8.31. The highest BCUT2D eigenvalue weighted by molar-refractivity contribution is 5.66. The zero-order valence-corrected chi connectivity index (χ0v) is 13.7. The summed E-state index contributed by atoms with van der Waals surface area (Å²) in [5, 5.41) is 6.90. The number of para-hydroxylation sites is 1. The van der Waals surface area contributed by atoms with Gasteiger partial charge in [0.2, 0.25) is 0 Å². The standard InChI is InChI=1S/C20H20N4/c1-14-7-5-6-10-17(14)22-19-13-18(21-16-11-12-16)23-20(24-19)15-8-3-2-4-9-15/h2-10,13,16H,11-12H2,1H3,(H2,21,22,23,24). The molecular weight excluding hydrogens is 296 g/mol. The van der Waals surface area contributed by atoms with Crippen LogP contribution in [0.5, 0.6) is 0 Å². The normalized spacial score (nSPS) is 13.5. The lowest BCUT2D eigenvalue weighted by molar-refractivity contribution is 1.09. The molecular formula is C20H20N4. The molecule has 1 heterocycles. The molecule has 1 aromatic heterocycles. The fourth-order valence-corrected chi connectivity index (χ4v) is 2.59. The number of hydrogen-bond acceptors (Lipinski definition) is 4. The van der Waals surface area contributed by atoms with Gasteiger partial charge in [0.1, 0.15) is 11.6 Å². The van der Waals surface area contributed by atoms with Crippen molar-refractivity contribution in [1.82, 2.24) is 9.97 Å². The van der Waals surface area contributed by atoms with E-state index in [2.05, 4.69) is 34.7 Å². The molecule has 0 atom stereocenters. The lowest BCUT2D eigenvalue weighted by Gasteiger charge is -2.12. The van der Waals surface area contributed by atoms with Crippen LogP contribution < -0.4 is 10.6 Å². The van der Waals surface area contributed by atoms with Crippen LogP contribution in [0.25, 0.3) is 11.4 Å². The molecule has 4 nitrogen and oxygen atoms in total. The minimum absolute atomic E-state index is 0.551. The van der Waals surface area contributed by atoms with Gasteiger partial charge in [-0.3, -0.25) is 0 Å².